The first-order valence-electron chi connectivity index (χ1n) is 9.94. The van der Waals surface area contributed by atoms with Crippen molar-refractivity contribution in [2.24, 2.45) is 11.8 Å². The topological polar surface area (TPSA) is 36.9 Å². The maximum Gasteiger partial charge on any atom is 0.160 e. The molecule has 0 saturated heterocycles. The molecule has 156 valence electrons. The summed E-state index contributed by atoms with van der Waals surface area (Å²) in [5, 5.41) is 0. The molecule has 4 nitrogen and oxygen atoms in total. The molecular formula is C24H36O4. The number of ether oxygens (including phenoxy) is 4. The Hall–Kier alpha value is -2.36. The fraction of sp³-hybridized carbons (Fsp3) is 0.500. The molecule has 2 rings (SSSR count). The third-order valence-corrected chi connectivity index (χ3v) is 4.98. The van der Waals surface area contributed by atoms with E-state index in [-0.39, 0.29) is 0 Å². The van der Waals surface area contributed by atoms with Gasteiger partial charge in [0.25, 0.3) is 0 Å². The molecule has 2 atom stereocenters. The van der Waals surface area contributed by atoms with E-state index < -0.39 is 0 Å². The van der Waals surface area contributed by atoms with Gasteiger partial charge >= 0.3 is 0 Å². The van der Waals surface area contributed by atoms with E-state index in [1.165, 1.54) is 11.1 Å². The van der Waals surface area contributed by atoms with Crippen LogP contribution < -0.4 is 18.9 Å². The molecule has 0 aliphatic carbocycles. The molecule has 0 fully saturated rings. The van der Waals surface area contributed by atoms with Crippen molar-refractivity contribution in [3.63, 3.8) is 0 Å². The first-order chi connectivity index (χ1) is 13.5. The highest BCUT2D eigenvalue weighted by Crippen LogP contribution is 2.32. The van der Waals surface area contributed by atoms with Crippen LogP contribution in [0.25, 0.3) is 0 Å². The SMILES string of the molecule is CC.COc1ccc(CC(C)[C@H](C)Cc2ccc(OC)c(OC)c2)cc1OC. The van der Waals surface area contributed by atoms with Crippen molar-refractivity contribution in [3.05, 3.63) is 47.5 Å². The Morgan fingerprint density at radius 1 is 0.571 bits per heavy atom. The van der Waals surface area contributed by atoms with E-state index in [0.29, 0.717) is 11.8 Å². The van der Waals surface area contributed by atoms with E-state index in [4.69, 9.17) is 18.9 Å². The van der Waals surface area contributed by atoms with Crippen LogP contribution in [0, 0.1) is 11.8 Å². The van der Waals surface area contributed by atoms with Crippen LogP contribution in [-0.2, 0) is 12.8 Å². The second-order valence-electron chi connectivity index (χ2n) is 6.74. The van der Waals surface area contributed by atoms with Gasteiger partial charge in [-0.25, -0.2) is 0 Å². The summed E-state index contributed by atoms with van der Waals surface area (Å²) in [7, 11) is 6.66. The zero-order chi connectivity index (χ0) is 21.1. The van der Waals surface area contributed by atoms with E-state index in [1.807, 2.05) is 26.0 Å². The summed E-state index contributed by atoms with van der Waals surface area (Å²) in [4.78, 5) is 0. The molecule has 0 saturated carbocycles. The summed E-state index contributed by atoms with van der Waals surface area (Å²) >= 11 is 0. The second kappa shape index (κ2) is 12.2. The van der Waals surface area contributed by atoms with Crippen LogP contribution in [0.1, 0.15) is 38.8 Å². The molecule has 2 aromatic carbocycles. The maximum absolute atomic E-state index is 5.41. The Morgan fingerprint density at radius 2 is 0.893 bits per heavy atom. The third kappa shape index (κ3) is 6.36. The maximum atomic E-state index is 5.41. The molecule has 1 unspecified atom stereocenters. The highest BCUT2D eigenvalue weighted by molar-refractivity contribution is 5.44. The van der Waals surface area contributed by atoms with Crippen molar-refractivity contribution in [3.8, 4) is 23.0 Å². The molecule has 0 N–H and O–H groups in total. The fourth-order valence-electron chi connectivity index (χ4n) is 3.16. The van der Waals surface area contributed by atoms with Crippen LogP contribution in [0.5, 0.6) is 23.0 Å². The van der Waals surface area contributed by atoms with Crippen LogP contribution in [0.4, 0.5) is 0 Å². The van der Waals surface area contributed by atoms with Crippen LogP contribution in [-0.4, -0.2) is 28.4 Å². The predicted molar refractivity (Wildman–Crippen MR) is 116 cm³/mol. The minimum atomic E-state index is 0.529. The zero-order valence-electron chi connectivity index (χ0n) is 18.7. The lowest BCUT2D eigenvalue weighted by Gasteiger charge is -2.21. The third-order valence-electron chi connectivity index (χ3n) is 4.98. The standard InChI is InChI=1S/C22H30O4.C2H6/c1-15(11-17-7-9-19(23-3)21(13-17)25-5)16(2)12-18-8-10-20(24-4)22(14-18)26-6;1-2/h7-10,13-16H,11-12H2,1-6H3;1-2H3/t15-,16?;/m1./s1. The number of benzene rings is 2. The molecule has 0 heterocycles. The molecule has 4 heteroatoms. The average molecular weight is 389 g/mol. The van der Waals surface area contributed by atoms with Crippen molar-refractivity contribution >= 4 is 0 Å². The van der Waals surface area contributed by atoms with Gasteiger partial charge in [0, 0.05) is 0 Å². The Balaban J connectivity index is 0.00000190. The highest BCUT2D eigenvalue weighted by atomic mass is 16.5. The van der Waals surface area contributed by atoms with Gasteiger partial charge in [0.2, 0.25) is 0 Å². The zero-order valence-corrected chi connectivity index (χ0v) is 18.7. The molecule has 0 radical (unpaired) electrons. The lowest BCUT2D eigenvalue weighted by Crippen LogP contribution is -2.14. The summed E-state index contributed by atoms with van der Waals surface area (Å²) in [5.74, 6) is 4.15. The van der Waals surface area contributed by atoms with Crippen molar-refractivity contribution < 1.29 is 18.9 Å². The molecule has 0 aliphatic heterocycles. The van der Waals surface area contributed by atoms with E-state index in [0.717, 1.165) is 35.8 Å². The fourth-order valence-corrected chi connectivity index (χ4v) is 3.16. The lowest BCUT2D eigenvalue weighted by atomic mass is 9.85. The van der Waals surface area contributed by atoms with E-state index in [2.05, 4.69) is 38.1 Å². The number of hydrogen-bond donors (Lipinski definition) is 0. The van der Waals surface area contributed by atoms with Gasteiger partial charge in [-0.15, -0.1) is 0 Å². The van der Waals surface area contributed by atoms with E-state index >= 15 is 0 Å². The molecule has 28 heavy (non-hydrogen) atoms. The van der Waals surface area contributed by atoms with Crippen LogP contribution >= 0.6 is 0 Å². The molecule has 0 aromatic heterocycles. The predicted octanol–water partition coefficient (Wildman–Crippen LogP) is 5.80. The Kier molecular flexibility index (Phi) is 10.3. The van der Waals surface area contributed by atoms with Crippen molar-refractivity contribution in [1.29, 1.82) is 0 Å². The van der Waals surface area contributed by atoms with E-state index in [9.17, 15) is 0 Å². The quantitative estimate of drug-likeness (QED) is 0.544. The summed E-state index contributed by atoms with van der Waals surface area (Å²) in [6.45, 7) is 8.59. The molecule has 2 aromatic rings. The van der Waals surface area contributed by atoms with Crippen LogP contribution in [0.3, 0.4) is 0 Å². The Bertz CT molecular complexity index is 650. The van der Waals surface area contributed by atoms with Gasteiger partial charge in [-0.05, 0) is 60.1 Å². The molecular weight excluding hydrogens is 352 g/mol. The highest BCUT2D eigenvalue weighted by Gasteiger charge is 2.16. The number of rotatable bonds is 9. The Morgan fingerprint density at radius 3 is 1.18 bits per heavy atom. The van der Waals surface area contributed by atoms with Gasteiger partial charge < -0.3 is 18.9 Å². The first kappa shape index (κ1) is 23.7. The minimum absolute atomic E-state index is 0.529. The normalized spacial score (nSPS) is 12.3. The number of methoxy groups -OCH3 is 4. The summed E-state index contributed by atoms with van der Waals surface area (Å²) in [5.41, 5.74) is 2.52. The Labute approximate surface area is 170 Å². The molecule has 0 bridgehead atoms. The van der Waals surface area contributed by atoms with Crippen LogP contribution in [0.15, 0.2) is 36.4 Å². The first-order valence-corrected chi connectivity index (χ1v) is 9.94. The lowest BCUT2D eigenvalue weighted by molar-refractivity contribution is 0.350. The molecule has 0 spiro atoms. The summed E-state index contributed by atoms with van der Waals surface area (Å²) < 4.78 is 21.5. The second-order valence-corrected chi connectivity index (χ2v) is 6.74. The minimum Gasteiger partial charge on any atom is -0.493 e. The monoisotopic (exact) mass is 388 g/mol. The van der Waals surface area contributed by atoms with Crippen molar-refractivity contribution in [1.82, 2.24) is 0 Å². The van der Waals surface area contributed by atoms with Gasteiger partial charge in [0.15, 0.2) is 23.0 Å². The summed E-state index contributed by atoms with van der Waals surface area (Å²) in [6, 6.07) is 12.3. The average Bonchev–Trinajstić information content (AvgIpc) is 2.74. The van der Waals surface area contributed by atoms with E-state index in [1.54, 1.807) is 28.4 Å². The largest absolute Gasteiger partial charge is 0.493 e. The van der Waals surface area contributed by atoms with Gasteiger partial charge in [0.1, 0.15) is 0 Å². The summed E-state index contributed by atoms with van der Waals surface area (Å²) in [6.07, 6.45) is 1.99. The smallest absolute Gasteiger partial charge is 0.160 e. The van der Waals surface area contributed by atoms with Gasteiger partial charge in [-0.1, -0.05) is 39.8 Å². The number of hydrogen-bond acceptors (Lipinski definition) is 4. The van der Waals surface area contributed by atoms with Crippen molar-refractivity contribution in [2.75, 3.05) is 28.4 Å². The van der Waals surface area contributed by atoms with Crippen molar-refractivity contribution in [2.45, 2.75) is 40.5 Å². The molecule has 0 amide bonds. The van der Waals surface area contributed by atoms with Crippen LogP contribution in [0.2, 0.25) is 0 Å². The van der Waals surface area contributed by atoms with Gasteiger partial charge in [0.05, 0.1) is 28.4 Å². The van der Waals surface area contributed by atoms with Gasteiger partial charge in [-0.2, -0.15) is 0 Å². The molecule has 0 aliphatic rings. The van der Waals surface area contributed by atoms with Gasteiger partial charge in [-0.3, -0.25) is 0 Å².